The first-order chi connectivity index (χ1) is 7.27. The minimum Gasteiger partial charge on any atom is -0.386 e. The quantitative estimate of drug-likeness (QED) is 0.657. The number of aliphatic hydroxyl groups is 1. The van der Waals surface area contributed by atoms with Gasteiger partial charge in [-0.3, -0.25) is 0 Å². The molecule has 0 bridgehead atoms. The van der Waals surface area contributed by atoms with Crippen LogP contribution in [-0.2, 0) is 6.42 Å². The third-order valence-corrected chi connectivity index (χ3v) is 2.11. The lowest BCUT2D eigenvalue weighted by Gasteiger charge is -2.08. The maximum atomic E-state index is 9.78. The van der Waals surface area contributed by atoms with E-state index in [1.807, 2.05) is 6.07 Å². The number of nitrogen functional groups attached to an aromatic ring is 1. The third-order valence-electron chi connectivity index (χ3n) is 2.11. The third kappa shape index (κ3) is 2.10. The molecule has 6 nitrogen and oxygen atoms in total. The molecule has 0 spiro atoms. The Bertz CT molecular complexity index is 428. The maximum absolute atomic E-state index is 9.78. The van der Waals surface area contributed by atoms with Crippen molar-refractivity contribution in [1.82, 2.24) is 20.4 Å². The minimum absolute atomic E-state index is 0.381. The molecule has 15 heavy (non-hydrogen) atoms. The SMILES string of the molecule is Nc1ncccc1CC(O)c1cn[nH]n1. The van der Waals surface area contributed by atoms with Gasteiger partial charge in [-0.05, 0) is 11.6 Å². The Hall–Kier alpha value is -1.95. The molecule has 2 aromatic heterocycles. The van der Waals surface area contributed by atoms with Crippen LogP contribution in [0.2, 0.25) is 0 Å². The number of nitrogens with one attached hydrogen (secondary N) is 1. The van der Waals surface area contributed by atoms with Crippen LogP contribution in [0.1, 0.15) is 17.4 Å². The second-order valence-corrected chi connectivity index (χ2v) is 3.16. The predicted octanol–water partition coefficient (Wildman–Crippen LogP) is 0.0580. The summed E-state index contributed by atoms with van der Waals surface area (Å²) < 4.78 is 0. The van der Waals surface area contributed by atoms with E-state index in [2.05, 4.69) is 20.4 Å². The van der Waals surface area contributed by atoms with Crippen molar-refractivity contribution in [2.45, 2.75) is 12.5 Å². The van der Waals surface area contributed by atoms with Crippen molar-refractivity contribution in [2.24, 2.45) is 0 Å². The van der Waals surface area contributed by atoms with Crippen LogP contribution < -0.4 is 5.73 Å². The van der Waals surface area contributed by atoms with Crippen molar-refractivity contribution in [2.75, 3.05) is 5.73 Å². The summed E-state index contributed by atoms with van der Waals surface area (Å²) in [6.07, 6.45) is 2.76. The standard InChI is InChI=1S/C9H11N5O/c10-9-6(2-1-3-11-9)4-8(15)7-5-12-14-13-7/h1-3,5,8,15H,4H2,(H2,10,11)(H,12,13,14). The number of rotatable bonds is 3. The van der Waals surface area contributed by atoms with Crippen LogP contribution >= 0.6 is 0 Å². The zero-order chi connectivity index (χ0) is 10.7. The minimum atomic E-state index is -0.713. The highest BCUT2D eigenvalue weighted by molar-refractivity contribution is 5.39. The number of hydrogen-bond acceptors (Lipinski definition) is 5. The van der Waals surface area contributed by atoms with Crippen LogP contribution in [0.5, 0.6) is 0 Å². The van der Waals surface area contributed by atoms with Crippen molar-refractivity contribution >= 4 is 5.82 Å². The molecule has 0 saturated carbocycles. The van der Waals surface area contributed by atoms with Gasteiger partial charge in [0.05, 0.1) is 6.20 Å². The summed E-state index contributed by atoms with van der Waals surface area (Å²) in [5.41, 5.74) is 6.95. The molecule has 0 aliphatic heterocycles. The fraction of sp³-hybridized carbons (Fsp3) is 0.222. The van der Waals surface area contributed by atoms with Crippen molar-refractivity contribution in [1.29, 1.82) is 0 Å². The summed E-state index contributed by atoms with van der Waals surface area (Å²) in [6.45, 7) is 0. The van der Waals surface area contributed by atoms with Gasteiger partial charge >= 0.3 is 0 Å². The number of aromatic nitrogens is 4. The number of H-pyrrole nitrogens is 1. The van der Waals surface area contributed by atoms with Gasteiger partial charge in [0.2, 0.25) is 0 Å². The highest BCUT2D eigenvalue weighted by atomic mass is 16.3. The first-order valence-electron chi connectivity index (χ1n) is 4.50. The van der Waals surface area contributed by atoms with E-state index in [0.717, 1.165) is 5.56 Å². The average Bonchev–Trinajstić information content (AvgIpc) is 2.74. The molecule has 0 aliphatic rings. The molecule has 1 atom stereocenters. The normalized spacial score (nSPS) is 12.6. The van der Waals surface area contributed by atoms with Gasteiger partial charge in [0.15, 0.2) is 0 Å². The van der Waals surface area contributed by atoms with Gasteiger partial charge in [-0.1, -0.05) is 6.07 Å². The molecule has 0 amide bonds. The second-order valence-electron chi connectivity index (χ2n) is 3.16. The van der Waals surface area contributed by atoms with E-state index >= 15 is 0 Å². The molecule has 0 radical (unpaired) electrons. The summed E-state index contributed by atoms with van der Waals surface area (Å²) >= 11 is 0. The van der Waals surface area contributed by atoms with E-state index < -0.39 is 6.10 Å². The van der Waals surface area contributed by atoms with E-state index in [9.17, 15) is 5.11 Å². The Morgan fingerprint density at radius 2 is 2.40 bits per heavy atom. The molecular weight excluding hydrogens is 194 g/mol. The zero-order valence-electron chi connectivity index (χ0n) is 7.96. The number of aliphatic hydroxyl groups excluding tert-OH is 1. The molecule has 0 saturated heterocycles. The first-order valence-corrected chi connectivity index (χ1v) is 4.50. The van der Waals surface area contributed by atoms with E-state index in [0.29, 0.717) is 17.9 Å². The number of pyridine rings is 1. The number of nitrogens with two attached hydrogens (primary N) is 1. The van der Waals surface area contributed by atoms with Gasteiger partial charge in [0.1, 0.15) is 17.6 Å². The maximum Gasteiger partial charge on any atom is 0.126 e. The van der Waals surface area contributed by atoms with E-state index in [4.69, 9.17) is 5.73 Å². The number of aromatic amines is 1. The Labute approximate surface area is 86.2 Å². The van der Waals surface area contributed by atoms with Crippen molar-refractivity contribution in [3.63, 3.8) is 0 Å². The van der Waals surface area contributed by atoms with Crippen LogP contribution in [0.4, 0.5) is 5.82 Å². The summed E-state index contributed by atoms with van der Waals surface area (Å²) in [7, 11) is 0. The van der Waals surface area contributed by atoms with Crippen LogP contribution in [0.25, 0.3) is 0 Å². The van der Waals surface area contributed by atoms with Crippen molar-refractivity contribution in [3.05, 3.63) is 35.8 Å². The monoisotopic (exact) mass is 205 g/mol. The summed E-state index contributed by atoms with van der Waals surface area (Å²) in [6, 6.07) is 3.60. The van der Waals surface area contributed by atoms with E-state index in [-0.39, 0.29) is 0 Å². The Morgan fingerprint density at radius 3 is 3.07 bits per heavy atom. The molecule has 0 aliphatic carbocycles. The molecule has 1 unspecified atom stereocenters. The molecule has 2 rings (SSSR count). The summed E-state index contributed by atoms with van der Waals surface area (Å²) in [4.78, 5) is 3.94. The molecule has 2 heterocycles. The van der Waals surface area contributed by atoms with Gasteiger partial charge in [-0.2, -0.15) is 15.4 Å². The zero-order valence-corrected chi connectivity index (χ0v) is 7.96. The average molecular weight is 205 g/mol. The molecule has 4 N–H and O–H groups in total. The molecule has 2 aromatic rings. The number of anilines is 1. The molecule has 0 fully saturated rings. The van der Waals surface area contributed by atoms with Crippen LogP contribution in [0, 0.1) is 0 Å². The lowest BCUT2D eigenvalue weighted by molar-refractivity contribution is 0.173. The number of nitrogens with zero attached hydrogens (tertiary/aromatic N) is 3. The van der Waals surface area contributed by atoms with Gasteiger partial charge in [-0.25, -0.2) is 4.98 Å². The van der Waals surface area contributed by atoms with Crippen molar-refractivity contribution < 1.29 is 5.11 Å². The Balaban J connectivity index is 2.13. The Kier molecular flexibility index (Phi) is 2.59. The number of hydrogen-bond donors (Lipinski definition) is 3. The van der Waals surface area contributed by atoms with Crippen LogP contribution in [0.3, 0.4) is 0 Å². The molecule has 6 heteroatoms. The molecular formula is C9H11N5O. The van der Waals surface area contributed by atoms with Crippen LogP contribution in [0.15, 0.2) is 24.5 Å². The van der Waals surface area contributed by atoms with Crippen molar-refractivity contribution in [3.8, 4) is 0 Å². The highest BCUT2D eigenvalue weighted by Crippen LogP contribution is 2.17. The van der Waals surface area contributed by atoms with Gasteiger partial charge < -0.3 is 10.8 Å². The predicted molar refractivity (Wildman–Crippen MR) is 53.7 cm³/mol. The van der Waals surface area contributed by atoms with Gasteiger partial charge in [0.25, 0.3) is 0 Å². The first kappa shape index (κ1) is 9.60. The fourth-order valence-electron chi connectivity index (χ4n) is 1.31. The molecule has 78 valence electrons. The van der Waals surface area contributed by atoms with Crippen LogP contribution in [-0.4, -0.2) is 25.5 Å². The van der Waals surface area contributed by atoms with E-state index in [1.165, 1.54) is 6.20 Å². The highest BCUT2D eigenvalue weighted by Gasteiger charge is 2.12. The van der Waals surface area contributed by atoms with E-state index in [1.54, 1.807) is 12.3 Å². The largest absolute Gasteiger partial charge is 0.386 e. The topological polar surface area (TPSA) is 101 Å². The van der Waals surface area contributed by atoms with Gasteiger partial charge in [-0.15, -0.1) is 0 Å². The lowest BCUT2D eigenvalue weighted by Crippen LogP contribution is -2.05. The second kappa shape index (κ2) is 4.05. The van der Waals surface area contributed by atoms with Gasteiger partial charge in [0, 0.05) is 12.6 Å². The smallest absolute Gasteiger partial charge is 0.126 e. The summed E-state index contributed by atoms with van der Waals surface area (Å²) in [5, 5.41) is 19.6. The summed E-state index contributed by atoms with van der Waals surface area (Å²) in [5.74, 6) is 0.431. The lowest BCUT2D eigenvalue weighted by atomic mass is 10.1. The molecule has 0 aromatic carbocycles. The fourth-order valence-corrected chi connectivity index (χ4v) is 1.31. The Morgan fingerprint density at radius 1 is 1.53 bits per heavy atom.